The second-order valence-corrected chi connectivity index (χ2v) is 12.6. The minimum Gasteiger partial charge on any atom is -0.353 e. The van der Waals surface area contributed by atoms with Gasteiger partial charge in [-0.3, -0.25) is 0 Å². The molecule has 6 aromatic rings. The van der Waals surface area contributed by atoms with Crippen molar-refractivity contribution < 1.29 is 0 Å². The maximum atomic E-state index is 5.38. The Balaban J connectivity index is 1.14. The number of nitrogens with zero attached hydrogens (tertiary/aromatic N) is 2. The van der Waals surface area contributed by atoms with Crippen molar-refractivity contribution >= 4 is 39.3 Å². The molecular weight excluding hydrogens is 555 g/mol. The number of para-hydroxylation sites is 1. The van der Waals surface area contributed by atoms with Crippen LogP contribution < -0.4 is 5.32 Å². The predicted molar refractivity (Wildman–Crippen MR) is 185 cm³/mol. The van der Waals surface area contributed by atoms with Crippen LogP contribution in [0.25, 0.3) is 44.1 Å². The summed E-state index contributed by atoms with van der Waals surface area (Å²) < 4.78 is 2.36. The highest BCUT2D eigenvalue weighted by Crippen LogP contribution is 2.53. The van der Waals surface area contributed by atoms with Crippen molar-refractivity contribution in [1.82, 2.24) is 9.88 Å². The Kier molecular flexibility index (Phi) is 5.95. The van der Waals surface area contributed by atoms with E-state index < -0.39 is 0 Å². The molecule has 1 N–H and O–H groups in total. The molecule has 4 heteroatoms. The van der Waals surface area contributed by atoms with Crippen LogP contribution in [0, 0.1) is 0 Å². The van der Waals surface area contributed by atoms with Crippen molar-refractivity contribution in [3.63, 3.8) is 0 Å². The molecule has 5 aromatic carbocycles. The van der Waals surface area contributed by atoms with E-state index in [0.29, 0.717) is 5.92 Å². The van der Waals surface area contributed by atoms with Gasteiger partial charge in [0.25, 0.3) is 0 Å². The molecule has 44 heavy (non-hydrogen) atoms. The first-order chi connectivity index (χ1) is 21.8. The Morgan fingerprint density at radius 2 is 1.36 bits per heavy atom. The standard InChI is InChI=1S/C40H29N3S/c1-2-9-26(10-3-1)27-17-19-28(20-18-27)29-21-22-31-30-11-4-6-15-36(30)43(37(31)25-29)40-41-24-23-35(42-40)34-14-8-13-33-32-12-5-7-16-38(32)44-39(33)34/h1-12,14-25,33,40-41H,13H2. The van der Waals surface area contributed by atoms with Gasteiger partial charge in [0.2, 0.25) is 6.29 Å². The molecule has 0 spiro atoms. The number of aromatic nitrogens is 1. The molecular formula is C40H29N3S. The summed E-state index contributed by atoms with van der Waals surface area (Å²) in [6.45, 7) is 0. The van der Waals surface area contributed by atoms with Crippen LogP contribution in [0.4, 0.5) is 0 Å². The highest BCUT2D eigenvalue weighted by molar-refractivity contribution is 8.03. The quantitative estimate of drug-likeness (QED) is 0.224. The molecule has 0 fully saturated rings. The van der Waals surface area contributed by atoms with Crippen molar-refractivity contribution in [2.24, 2.45) is 4.99 Å². The molecule has 0 amide bonds. The minimum atomic E-state index is -0.260. The molecule has 210 valence electrons. The Morgan fingerprint density at radius 1 is 0.659 bits per heavy atom. The number of aliphatic imine (C=N–C) groups is 1. The van der Waals surface area contributed by atoms with E-state index in [4.69, 9.17) is 4.99 Å². The highest BCUT2D eigenvalue weighted by atomic mass is 32.2. The first-order valence-corrected chi connectivity index (χ1v) is 16.0. The van der Waals surface area contributed by atoms with E-state index in [9.17, 15) is 0 Å². The third kappa shape index (κ3) is 4.10. The molecule has 3 nitrogen and oxygen atoms in total. The fourth-order valence-corrected chi connectivity index (χ4v) is 8.29. The molecule has 0 radical (unpaired) electrons. The predicted octanol–water partition coefficient (Wildman–Crippen LogP) is 10.2. The van der Waals surface area contributed by atoms with Crippen LogP contribution in [0.15, 0.2) is 166 Å². The van der Waals surface area contributed by atoms with Crippen LogP contribution in [0.3, 0.4) is 0 Å². The highest BCUT2D eigenvalue weighted by Gasteiger charge is 2.32. The fraction of sp³-hybridized carbons (Fsp3) is 0.0750. The maximum absolute atomic E-state index is 5.38. The monoisotopic (exact) mass is 583 g/mol. The smallest absolute Gasteiger partial charge is 0.201 e. The van der Waals surface area contributed by atoms with E-state index in [1.54, 1.807) is 0 Å². The van der Waals surface area contributed by atoms with Gasteiger partial charge in [-0.1, -0.05) is 127 Å². The number of allylic oxidation sites excluding steroid dienone is 5. The van der Waals surface area contributed by atoms with Gasteiger partial charge in [0.05, 0.1) is 16.7 Å². The summed E-state index contributed by atoms with van der Waals surface area (Å²) in [6, 6.07) is 43.8. The average molecular weight is 584 g/mol. The van der Waals surface area contributed by atoms with Gasteiger partial charge in [0.1, 0.15) is 0 Å². The van der Waals surface area contributed by atoms with E-state index >= 15 is 0 Å². The molecule has 0 saturated heterocycles. The molecule has 2 atom stereocenters. The maximum Gasteiger partial charge on any atom is 0.201 e. The molecule has 0 saturated carbocycles. The second kappa shape index (κ2) is 10.3. The fourth-order valence-electron chi connectivity index (χ4n) is 6.93. The largest absolute Gasteiger partial charge is 0.353 e. The van der Waals surface area contributed by atoms with Crippen molar-refractivity contribution in [1.29, 1.82) is 0 Å². The molecule has 2 unspecified atom stereocenters. The zero-order valence-corrected chi connectivity index (χ0v) is 24.8. The summed E-state index contributed by atoms with van der Waals surface area (Å²) in [5, 5.41) is 6.05. The van der Waals surface area contributed by atoms with Crippen LogP contribution in [0.5, 0.6) is 0 Å². The van der Waals surface area contributed by atoms with E-state index in [2.05, 4.69) is 156 Å². The number of nitrogens with one attached hydrogen (secondary N) is 1. The van der Waals surface area contributed by atoms with Crippen molar-refractivity contribution in [3.05, 3.63) is 162 Å². The Bertz CT molecular complexity index is 2200. The second-order valence-electron chi connectivity index (χ2n) is 11.6. The third-order valence-electron chi connectivity index (χ3n) is 9.06. The van der Waals surface area contributed by atoms with Gasteiger partial charge in [-0.25, -0.2) is 4.99 Å². The van der Waals surface area contributed by atoms with Gasteiger partial charge in [-0.05, 0) is 58.5 Å². The van der Waals surface area contributed by atoms with Gasteiger partial charge >= 0.3 is 0 Å². The Morgan fingerprint density at radius 3 is 2.25 bits per heavy atom. The van der Waals surface area contributed by atoms with Crippen LogP contribution >= 0.6 is 11.8 Å². The Labute approximate surface area is 261 Å². The number of rotatable bonds is 4. The zero-order chi connectivity index (χ0) is 29.0. The molecule has 3 heterocycles. The molecule has 1 aromatic heterocycles. The van der Waals surface area contributed by atoms with Gasteiger partial charge in [-0.2, -0.15) is 0 Å². The number of hydrogen-bond acceptors (Lipinski definition) is 3. The van der Waals surface area contributed by atoms with Gasteiger partial charge in [-0.15, -0.1) is 0 Å². The first kappa shape index (κ1) is 25.4. The van der Waals surface area contributed by atoms with Crippen molar-refractivity contribution in [3.8, 4) is 22.3 Å². The summed E-state index contributed by atoms with van der Waals surface area (Å²) in [7, 11) is 0. The van der Waals surface area contributed by atoms with Crippen molar-refractivity contribution in [2.75, 3.05) is 0 Å². The molecule has 1 aliphatic carbocycles. The summed E-state index contributed by atoms with van der Waals surface area (Å²) in [5.41, 5.74) is 10.9. The number of fused-ring (bicyclic) bond motifs is 6. The SMILES string of the molecule is C1=CC(C2=NC(n3c4ccccc4c4ccc(-c5ccc(-c6ccccc6)cc5)cc43)NC=C2)=C2Sc3ccccc3C2C1. The molecule has 2 aliphatic heterocycles. The van der Waals surface area contributed by atoms with E-state index in [1.165, 1.54) is 65.0 Å². The topological polar surface area (TPSA) is 29.3 Å². The number of hydrogen-bond donors (Lipinski definition) is 1. The molecule has 3 aliphatic rings. The van der Waals surface area contributed by atoms with Gasteiger partial charge in [0.15, 0.2) is 0 Å². The van der Waals surface area contributed by atoms with Gasteiger partial charge in [0, 0.05) is 38.3 Å². The van der Waals surface area contributed by atoms with Crippen LogP contribution in [-0.2, 0) is 0 Å². The van der Waals surface area contributed by atoms with Crippen molar-refractivity contribution in [2.45, 2.75) is 23.5 Å². The lowest BCUT2D eigenvalue weighted by Crippen LogP contribution is -2.26. The molecule has 9 rings (SSSR count). The first-order valence-electron chi connectivity index (χ1n) is 15.2. The lowest BCUT2D eigenvalue weighted by molar-refractivity contribution is 0.498. The average Bonchev–Trinajstić information content (AvgIpc) is 3.64. The van der Waals surface area contributed by atoms with Gasteiger partial charge < -0.3 is 9.88 Å². The Hall–Kier alpha value is -5.06. The summed E-state index contributed by atoms with van der Waals surface area (Å²) in [6.07, 6.45) is 9.57. The third-order valence-corrected chi connectivity index (χ3v) is 10.4. The van der Waals surface area contributed by atoms with Crippen LogP contribution in [-0.4, -0.2) is 10.3 Å². The lowest BCUT2D eigenvalue weighted by atomic mass is 9.88. The van der Waals surface area contributed by atoms with E-state index in [-0.39, 0.29) is 6.29 Å². The summed E-state index contributed by atoms with van der Waals surface area (Å²) in [4.78, 5) is 8.17. The lowest BCUT2D eigenvalue weighted by Gasteiger charge is -2.25. The van der Waals surface area contributed by atoms with Crippen LogP contribution in [0.2, 0.25) is 0 Å². The minimum absolute atomic E-state index is 0.260. The summed E-state index contributed by atoms with van der Waals surface area (Å²) >= 11 is 1.91. The summed E-state index contributed by atoms with van der Waals surface area (Å²) in [5.74, 6) is 0.421. The number of thioether (sulfide) groups is 1. The number of benzene rings is 5. The molecule has 0 bridgehead atoms. The van der Waals surface area contributed by atoms with E-state index in [0.717, 1.165) is 12.1 Å². The van der Waals surface area contributed by atoms with Crippen LogP contribution in [0.1, 0.15) is 24.2 Å². The normalized spacial score (nSPS) is 18.8. The zero-order valence-electron chi connectivity index (χ0n) is 24.0. The van der Waals surface area contributed by atoms with E-state index in [1.807, 2.05) is 11.8 Å².